The number of hydroxylamine groups is 1. The molecule has 2 amide bonds. The molecule has 0 radical (unpaired) electrons. The third kappa shape index (κ3) is 11.1. The monoisotopic (exact) mass is 182 g/mol. The van der Waals surface area contributed by atoms with Gasteiger partial charge in [-0.15, -0.1) is 0 Å². The summed E-state index contributed by atoms with van der Waals surface area (Å²) in [6.45, 7) is 1.15. The summed E-state index contributed by atoms with van der Waals surface area (Å²) < 4.78 is 0. The maximum absolute atomic E-state index is 9.86. The van der Waals surface area contributed by atoms with Crippen LogP contribution in [0.2, 0.25) is 0 Å². The van der Waals surface area contributed by atoms with Crippen LogP contribution in [-0.4, -0.2) is 12.0 Å². The van der Waals surface area contributed by atoms with Gasteiger partial charge in [-0.1, -0.05) is 0 Å². The zero-order valence-corrected chi connectivity index (χ0v) is 7.98. The summed E-state index contributed by atoms with van der Waals surface area (Å²) >= 11 is 0. The molecular weight excluding hydrogens is 177 g/mol. The molecule has 0 heterocycles. The second-order valence-corrected chi connectivity index (χ2v) is 1.06. The van der Waals surface area contributed by atoms with Gasteiger partial charge < -0.3 is 10.6 Å². The molecular formula is C3H6N2O3Zn. The van der Waals surface area contributed by atoms with Gasteiger partial charge >= 0.3 is 12.0 Å². The molecule has 0 saturated heterocycles. The number of urea groups is 1. The van der Waals surface area contributed by atoms with Crippen molar-refractivity contribution in [1.82, 2.24) is 5.48 Å². The van der Waals surface area contributed by atoms with Gasteiger partial charge in [0.2, 0.25) is 0 Å². The molecule has 0 aromatic rings. The maximum atomic E-state index is 9.86. The van der Waals surface area contributed by atoms with Crippen molar-refractivity contribution in [3.63, 3.8) is 0 Å². The van der Waals surface area contributed by atoms with Crippen molar-refractivity contribution in [3.05, 3.63) is 0 Å². The van der Waals surface area contributed by atoms with Gasteiger partial charge in [-0.05, 0) is 0 Å². The minimum Gasteiger partial charge on any atom is -0.349 e. The van der Waals surface area contributed by atoms with E-state index in [1.54, 1.807) is 5.48 Å². The second kappa shape index (κ2) is 5.50. The van der Waals surface area contributed by atoms with Crippen LogP contribution in [0.1, 0.15) is 6.92 Å². The Bertz CT molecular complexity index is 102. The van der Waals surface area contributed by atoms with E-state index in [0.29, 0.717) is 0 Å². The first-order chi connectivity index (χ1) is 3.63. The van der Waals surface area contributed by atoms with Gasteiger partial charge in [-0.3, -0.25) is 4.79 Å². The third-order valence-corrected chi connectivity index (χ3v) is 0.295. The Morgan fingerprint density at radius 2 is 2.00 bits per heavy atom. The first kappa shape index (κ1) is 11.2. The van der Waals surface area contributed by atoms with Crippen LogP contribution in [0.5, 0.6) is 0 Å². The molecule has 3 N–H and O–H groups in total. The molecule has 0 aliphatic rings. The molecule has 0 aromatic carbocycles. The van der Waals surface area contributed by atoms with Crippen molar-refractivity contribution in [1.29, 1.82) is 0 Å². The quantitative estimate of drug-likeness (QED) is 0.378. The summed E-state index contributed by atoms with van der Waals surface area (Å²) in [5.41, 5.74) is 6.15. The topological polar surface area (TPSA) is 81.4 Å². The molecule has 5 nitrogen and oxygen atoms in total. The Morgan fingerprint density at radius 1 is 1.56 bits per heavy atom. The van der Waals surface area contributed by atoms with Gasteiger partial charge in [0.15, 0.2) is 0 Å². The number of amides is 2. The first-order valence-electron chi connectivity index (χ1n) is 1.86. The zero-order valence-electron chi connectivity index (χ0n) is 5.01. The number of nitrogens with one attached hydrogen (secondary N) is 1. The number of hydrogen-bond acceptors (Lipinski definition) is 3. The number of rotatable bonds is 0. The average Bonchev–Trinajstić information content (AvgIpc) is 1.61. The minimum absolute atomic E-state index is 0. The number of carbonyl (C=O) groups excluding carboxylic acids is 2. The van der Waals surface area contributed by atoms with E-state index in [-0.39, 0.29) is 19.5 Å². The fraction of sp³-hybridized carbons (Fsp3) is 0.333. The van der Waals surface area contributed by atoms with E-state index in [9.17, 15) is 9.59 Å². The molecule has 0 atom stereocenters. The van der Waals surface area contributed by atoms with Crippen molar-refractivity contribution in [2.45, 2.75) is 6.92 Å². The Balaban J connectivity index is 0. The SMILES string of the molecule is CC(=O)ONC(N)=O.[Zn]. The van der Waals surface area contributed by atoms with Crippen molar-refractivity contribution in [2.75, 3.05) is 0 Å². The van der Waals surface area contributed by atoms with E-state index >= 15 is 0 Å². The molecule has 0 saturated carbocycles. The second-order valence-electron chi connectivity index (χ2n) is 1.06. The molecule has 0 aliphatic heterocycles. The van der Waals surface area contributed by atoms with Gasteiger partial charge in [-0.2, -0.15) is 5.48 Å². The Morgan fingerprint density at radius 3 is 2.11 bits per heavy atom. The molecule has 0 rings (SSSR count). The number of primary amides is 1. The van der Waals surface area contributed by atoms with E-state index in [2.05, 4.69) is 10.6 Å². The molecule has 0 aliphatic carbocycles. The van der Waals surface area contributed by atoms with Crippen LogP contribution in [0.3, 0.4) is 0 Å². The van der Waals surface area contributed by atoms with E-state index in [1.165, 1.54) is 0 Å². The van der Waals surface area contributed by atoms with E-state index in [1.807, 2.05) is 0 Å². The van der Waals surface area contributed by atoms with E-state index in [4.69, 9.17) is 0 Å². The zero-order chi connectivity index (χ0) is 6.57. The van der Waals surface area contributed by atoms with Crippen LogP contribution in [0.4, 0.5) is 4.79 Å². The van der Waals surface area contributed by atoms with Crippen molar-refractivity contribution >= 4 is 12.0 Å². The summed E-state index contributed by atoms with van der Waals surface area (Å²) in [5, 5.41) is 0. The van der Waals surface area contributed by atoms with Gasteiger partial charge in [-0.25, -0.2) is 4.79 Å². The largest absolute Gasteiger partial charge is 0.349 e. The third-order valence-electron chi connectivity index (χ3n) is 0.295. The molecule has 0 fully saturated rings. The van der Waals surface area contributed by atoms with Crippen LogP contribution in [0.25, 0.3) is 0 Å². The van der Waals surface area contributed by atoms with Crippen molar-refractivity contribution < 1.29 is 33.9 Å². The number of hydrogen-bond donors (Lipinski definition) is 2. The Kier molecular flexibility index (Phi) is 6.84. The number of nitrogens with two attached hydrogens (primary N) is 1. The maximum Gasteiger partial charge on any atom is 0.345 e. The summed E-state index contributed by atoms with van der Waals surface area (Å²) in [6.07, 6.45) is 0. The summed E-state index contributed by atoms with van der Waals surface area (Å²) in [7, 11) is 0. The van der Waals surface area contributed by atoms with Gasteiger partial charge in [0, 0.05) is 26.4 Å². The van der Waals surface area contributed by atoms with Crippen molar-refractivity contribution in [2.24, 2.45) is 5.73 Å². The van der Waals surface area contributed by atoms with E-state index in [0.717, 1.165) is 6.92 Å². The fourth-order valence-corrected chi connectivity index (χ4v) is 0.122. The smallest absolute Gasteiger partial charge is 0.345 e. The molecule has 6 heteroatoms. The Labute approximate surface area is 64.6 Å². The first-order valence-corrected chi connectivity index (χ1v) is 1.86. The molecule has 0 unspecified atom stereocenters. The molecule has 9 heavy (non-hydrogen) atoms. The number of carbonyl (C=O) groups is 2. The summed E-state index contributed by atoms with van der Waals surface area (Å²) in [4.78, 5) is 23.5. The Hall–Kier alpha value is -0.637. The van der Waals surface area contributed by atoms with Crippen LogP contribution in [-0.2, 0) is 29.1 Å². The van der Waals surface area contributed by atoms with E-state index < -0.39 is 12.0 Å². The van der Waals surface area contributed by atoms with Gasteiger partial charge in [0.25, 0.3) is 0 Å². The van der Waals surface area contributed by atoms with Crippen LogP contribution in [0.15, 0.2) is 0 Å². The predicted molar refractivity (Wildman–Crippen MR) is 24.5 cm³/mol. The molecule has 0 bridgehead atoms. The molecule has 0 spiro atoms. The van der Waals surface area contributed by atoms with Gasteiger partial charge in [0.05, 0.1) is 0 Å². The standard InChI is InChI=1S/C3H6N2O3.Zn/c1-2(6)8-5-3(4)7;/h1H3,(H3,4,5,7);. The van der Waals surface area contributed by atoms with Crippen LogP contribution < -0.4 is 11.2 Å². The molecule has 48 valence electrons. The summed E-state index contributed by atoms with van der Waals surface area (Å²) in [5.74, 6) is -0.608. The molecule has 0 aromatic heterocycles. The van der Waals surface area contributed by atoms with Crippen LogP contribution >= 0.6 is 0 Å². The fourth-order valence-electron chi connectivity index (χ4n) is 0.122. The van der Waals surface area contributed by atoms with Crippen molar-refractivity contribution in [3.8, 4) is 0 Å². The normalized spacial score (nSPS) is 6.78. The van der Waals surface area contributed by atoms with Crippen LogP contribution in [0, 0.1) is 0 Å². The van der Waals surface area contributed by atoms with Gasteiger partial charge in [0.1, 0.15) is 0 Å². The summed E-state index contributed by atoms with van der Waals surface area (Å²) in [6, 6.07) is -0.889. The minimum atomic E-state index is -0.889. The predicted octanol–water partition coefficient (Wildman–Crippen LogP) is -0.870. The average molecular weight is 183 g/mol.